The van der Waals surface area contributed by atoms with Crippen molar-refractivity contribution < 1.29 is 36.3 Å². The Morgan fingerprint density at radius 1 is 1.21 bits per heavy atom. The number of sulfone groups is 1. The Balaban J connectivity index is 1.97. The number of amides is 1. The highest BCUT2D eigenvalue weighted by Gasteiger charge is 2.51. The van der Waals surface area contributed by atoms with E-state index in [0.717, 1.165) is 17.8 Å². The van der Waals surface area contributed by atoms with Gasteiger partial charge in [-0.3, -0.25) is 9.59 Å². The third-order valence-electron chi connectivity index (χ3n) is 4.54. The van der Waals surface area contributed by atoms with Crippen LogP contribution in [0.3, 0.4) is 0 Å². The number of carboxylic acids is 1. The molecule has 0 spiro atoms. The maximum absolute atomic E-state index is 13.5. The highest BCUT2D eigenvalue weighted by molar-refractivity contribution is 8.16. The number of aliphatic carboxylic acids is 1. The van der Waals surface area contributed by atoms with E-state index in [4.69, 9.17) is 5.11 Å². The number of carboxylic acid groups (broad SMARTS) is 1. The van der Waals surface area contributed by atoms with Crippen LogP contribution in [0.15, 0.2) is 29.3 Å². The van der Waals surface area contributed by atoms with Gasteiger partial charge in [-0.15, -0.1) is 0 Å². The van der Waals surface area contributed by atoms with Crippen LogP contribution in [-0.2, 0) is 25.6 Å². The molecule has 1 N–H and O–H groups in total. The lowest BCUT2D eigenvalue weighted by molar-refractivity contribution is -0.138. The summed E-state index contributed by atoms with van der Waals surface area (Å²) >= 11 is 0.966. The molecule has 1 aromatic carbocycles. The van der Waals surface area contributed by atoms with Gasteiger partial charge < -0.3 is 10.0 Å². The van der Waals surface area contributed by atoms with E-state index < -0.39 is 44.7 Å². The fourth-order valence-corrected chi connectivity index (χ4v) is 7.25. The van der Waals surface area contributed by atoms with Gasteiger partial charge in [-0.1, -0.05) is 23.9 Å². The maximum atomic E-state index is 13.5. The van der Waals surface area contributed by atoms with E-state index in [2.05, 4.69) is 4.99 Å². The second-order valence-electron chi connectivity index (χ2n) is 6.72. The lowest BCUT2D eigenvalue weighted by Gasteiger charge is -2.27. The average molecular weight is 450 g/mol. The van der Waals surface area contributed by atoms with Crippen LogP contribution in [0.5, 0.6) is 0 Å². The Labute approximate surface area is 168 Å². The van der Waals surface area contributed by atoms with Crippen molar-refractivity contribution >= 4 is 44.3 Å². The smallest absolute Gasteiger partial charge is 0.418 e. The molecule has 12 heteroatoms. The number of anilines is 1. The molecule has 2 saturated heterocycles. The average Bonchev–Trinajstić information content (AvgIpc) is 3.04. The van der Waals surface area contributed by atoms with Crippen molar-refractivity contribution in [3.05, 3.63) is 29.8 Å². The van der Waals surface area contributed by atoms with Gasteiger partial charge in [-0.25, -0.2) is 8.42 Å². The number of fused-ring (bicyclic) bond motifs is 1. The van der Waals surface area contributed by atoms with E-state index in [0.29, 0.717) is 0 Å². The van der Waals surface area contributed by atoms with Gasteiger partial charge in [0.25, 0.3) is 0 Å². The minimum absolute atomic E-state index is 0.00641. The predicted molar refractivity (Wildman–Crippen MR) is 102 cm³/mol. The summed E-state index contributed by atoms with van der Waals surface area (Å²) in [4.78, 5) is 27.8. The van der Waals surface area contributed by atoms with Crippen molar-refractivity contribution in [1.82, 2.24) is 0 Å². The zero-order valence-corrected chi connectivity index (χ0v) is 16.6. The summed E-state index contributed by atoms with van der Waals surface area (Å²) in [6, 6.07) is 3.98. The van der Waals surface area contributed by atoms with Crippen LogP contribution < -0.4 is 4.90 Å². The summed E-state index contributed by atoms with van der Waals surface area (Å²) in [6.45, 7) is 0. The molecule has 0 aliphatic carbocycles. The summed E-state index contributed by atoms with van der Waals surface area (Å²) in [7, 11) is -3.42. The van der Waals surface area contributed by atoms with Crippen molar-refractivity contribution in [3.63, 3.8) is 0 Å². The molecule has 0 unspecified atom stereocenters. The zero-order chi connectivity index (χ0) is 21.4. The highest BCUT2D eigenvalue weighted by atomic mass is 32.2. The lowest BCUT2D eigenvalue weighted by atomic mass is 10.1. The molecular weight excluding hydrogens is 433 g/mol. The largest absolute Gasteiger partial charge is 0.481 e. The number of benzene rings is 1. The number of rotatable bonds is 5. The van der Waals surface area contributed by atoms with Gasteiger partial charge >= 0.3 is 12.1 Å². The second-order valence-corrected chi connectivity index (χ2v) is 10.1. The van der Waals surface area contributed by atoms with Gasteiger partial charge in [0.15, 0.2) is 15.0 Å². The van der Waals surface area contributed by atoms with E-state index in [1.807, 2.05) is 0 Å². The zero-order valence-electron chi connectivity index (χ0n) is 14.9. The van der Waals surface area contributed by atoms with Gasteiger partial charge in [0.1, 0.15) is 0 Å². The van der Waals surface area contributed by atoms with Gasteiger partial charge in [0.05, 0.1) is 28.8 Å². The van der Waals surface area contributed by atoms with Crippen molar-refractivity contribution in [3.8, 4) is 0 Å². The van der Waals surface area contributed by atoms with E-state index in [9.17, 15) is 31.2 Å². The van der Waals surface area contributed by atoms with Crippen molar-refractivity contribution in [1.29, 1.82) is 0 Å². The fourth-order valence-electron chi connectivity index (χ4n) is 3.32. The minimum Gasteiger partial charge on any atom is -0.481 e. The second kappa shape index (κ2) is 7.98. The van der Waals surface area contributed by atoms with Crippen LogP contribution in [0.2, 0.25) is 0 Å². The quantitative estimate of drug-likeness (QED) is 0.735. The molecule has 1 amide bonds. The topological polar surface area (TPSA) is 104 Å². The first-order valence-corrected chi connectivity index (χ1v) is 11.3. The lowest BCUT2D eigenvalue weighted by Crippen LogP contribution is -2.39. The summed E-state index contributed by atoms with van der Waals surface area (Å²) < 4.78 is 64.6. The normalized spacial score (nSPS) is 24.7. The Kier molecular flexibility index (Phi) is 5.95. The fraction of sp³-hybridized carbons (Fsp3) is 0.471. The first kappa shape index (κ1) is 21.6. The molecule has 3 rings (SSSR count). The monoisotopic (exact) mass is 450 g/mol. The molecule has 2 heterocycles. The SMILES string of the molecule is O=C(O)CCCC(=O)N=C1S[C@@H]2CS(=O)(=O)C[C@H]2N1c1ccccc1C(F)(F)F. The molecule has 0 aromatic heterocycles. The number of alkyl halides is 3. The Bertz CT molecular complexity index is 962. The number of carbonyl (C=O) groups excluding carboxylic acids is 1. The number of hydrogen-bond acceptors (Lipinski definition) is 5. The van der Waals surface area contributed by atoms with Crippen LogP contribution >= 0.6 is 11.8 Å². The third kappa shape index (κ3) is 4.92. The predicted octanol–water partition coefficient (Wildman–Crippen LogP) is 2.56. The maximum Gasteiger partial charge on any atom is 0.418 e. The Morgan fingerprint density at radius 3 is 2.55 bits per heavy atom. The van der Waals surface area contributed by atoms with Crippen LogP contribution in [0.1, 0.15) is 24.8 Å². The first-order chi connectivity index (χ1) is 13.5. The van der Waals surface area contributed by atoms with E-state index in [1.54, 1.807) is 0 Å². The van der Waals surface area contributed by atoms with Gasteiger partial charge in [-0.2, -0.15) is 18.2 Å². The molecule has 2 atom stereocenters. The van der Waals surface area contributed by atoms with Crippen molar-refractivity contribution in [2.24, 2.45) is 4.99 Å². The minimum atomic E-state index is -4.67. The van der Waals surface area contributed by atoms with Crippen LogP contribution in [0.4, 0.5) is 18.9 Å². The van der Waals surface area contributed by atoms with E-state index in [-0.39, 0.29) is 41.6 Å². The molecule has 0 saturated carbocycles. The molecule has 1 aromatic rings. The van der Waals surface area contributed by atoms with Gasteiger partial charge in [0.2, 0.25) is 5.91 Å². The van der Waals surface area contributed by atoms with E-state index in [1.165, 1.54) is 23.1 Å². The number of nitrogens with zero attached hydrogens (tertiary/aromatic N) is 2. The molecule has 158 valence electrons. The Hall–Kier alpha value is -2.08. The number of amidine groups is 1. The molecule has 7 nitrogen and oxygen atoms in total. The summed E-state index contributed by atoms with van der Waals surface area (Å²) in [5.41, 5.74) is -1.20. The number of carbonyl (C=O) groups is 2. The van der Waals surface area contributed by atoms with E-state index >= 15 is 0 Å². The summed E-state index contributed by atoms with van der Waals surface area (Å²) in [6.07, 6.45) is -5.02. The molecule has 2 aliphatic rings. The number of hydrogen-bond donors (Lipinski definition) is 1. The van der Waals surface area contributed by atoms with Gasteiger partial charge in [0, 0.05) is 18.1 Å². The highest BCUT2D eigenvalue weighted by Crippen LogP contribution is 2.45. The summed E-state index contributed by atoms with van der Waals surface area (Å²) in [5.74, 6) is -2.27. The number of thioether (sulfide) groups is 1. The van der Waals surface area contributed by atoms with Gasteiger partial charge in [-0.05, 0) is 18.6 Å². The molecular formula is C17H17F3N2O5S2. The molecule has 0 radical (unpaired) electrons. The van der Waals surface area contributed by atoms with Crippen LogP contribution in [0.25, 0.3) is 0 Å². The van der Waals surface area contributed by atoms with Crippen LogP contribution in [-0.4, -0.2) is 53.4 Å². The summed E-state index contributed by atoms with van der Waals surface area (Å²) in [5, 5.41) is 8.11. The molecule has 2 aliphatic heterocycles. The first-order valence-electron chi connectivity index (χ1n) is 8.64. The molecule has 2 fully saturated rings. The molecule has 0 bridgehead atoms. The van der Waals surface area contributed by atoms with Crippen LogP contribution in [0, 0.1) is 0 Å². The molecule has 29 heavy (non-hydrogen) atoms. The van der Waals surface area contributed by atoms with Crippen molar-refractivity contribution in [2.75, 3.05) is 16.4 Å². The number of halogens is 3. The standard InChI is InChI=1S/C17H17F3N2O5S2/c18-17(19,20)10-4-1-2-5-11(10)22-12-8-29(26,27)9-13(12)28-16(22)21-14(23)6-3-7-15(24)25/h1-2,4-5,12-13H,3,6-9H2,(H,24,25)/t12-,13-/m1/s1. The van der Waals surface area contributed by atoms with Crippen molar-refractivity contribution in [2.45, 2.75) is 36.7 Å². The third-order valence-corrected chi connectivity index (χ3v) is 7.75. The number of para-hydroxylation sites is 1. The number of aliphatic imine (C=N–C) groups is 1. The Morgan fingerprint density at radius 2 is 1.90 bits per heavy atom.